The maximum atomic E-state index is 11.2. The highest BCUT2D eigenvalue weighted by Crippen LogP contribution is 2.33. The number of hydrogen-bond donors (Lipinski definition) is 3. The van der Waals surface area contributed by atoms with Gasteiger partial charge in [0.1, 0.15) is 0 Å². The Bertz CT molecular complexity index is 346. The highest BCUT2D eigenvalue weighted by atomic mass is 16.6. The van der Waals surface area contributed by atoms with E-state index in [1.807, 2.05) is 0 Å². The summed E-state index contributed by atoms with van der Waals surface area (Å²) in [7, 11) is 0. The average molecular weight is 228 g/mol. The van der Waals surface area contributed by atoms with Crippen LogP contribution < -0.4 is 11.1 Å². The minimum Gasteiger partial charge on any atom is -0.478 e. The molecule has 7 nitrogen and oxygen atoms in total. The summed E-state index contributed by atoms with van der Waals surface area (Å²) in [6.45, 7) is 0. The van der Waals surface area contributed by atoms with Gasteiger partial charge in [0.05, 0.1) is 0 Å². The number of esters is 1. The van der Waals surface area contributed by atoms with Crippen molar-refractivity contribution in [2.24, 2.45) is 5.73 Å². The van der Waals surface area contributed by atoms with Crippen molar-refractivity contribution in [1.82, 2.24) is 5.32 Å². The zero-order valence-electron chi connectivity index (χ0n) is 8.43. The van der Waals surface area contributed by atoms with Gasteiger partial charge in [-0.25, -0.2) is 14.4 Å². The van der Waals surface area contributed by atoms with Gasteiger partial charge in [-0.05, 0) is 6.42 Å². The molecule has 1 aliphatic carbocycles. The maximum Gasteiger partial charge on any atom is 0.333 e. The molecule has 1 fully saturated rings. The van der Waals surface area contributed by atoms with Crippen LogP contribution in [0.1, 0.15) is 19.3 Å². The molecule has 0 atom stereocenters. The first kappa shape index (κ1) is 12.0. The third-order valence-corrected chi connectivity index (χ3v) is 2.17. The Morgan fingerprint density at radius 1 is 1.31 bits per heavy atom. The Labute approximate surface area is 91.2 Å². The van der Waals surface area contributed by atoms with Gasteiger partial charge < -0.3 is 20.9 Å². The molecule has 0 radical (unpaired) electrons. The zero-order valence-corrected chi connectivity index (χ0v) is 8.43. The molecule has 4 N–H and O–H groups in total. The highest BCUT2D eigenvalue weighted by molar-refractivity contribution is 5.91. The number of nitrogens with one attached hydrogen (secondary N) is 1. The summed E-state index contributed by atoms with van der Waals surface area (Å²) in [6.07, 6.45) is 3.20. The fourth-order valence-electron chi connectivity index (χ4n) is 1.34. The van der Waals surface area contributed by atoms with Gasteiger partial charge in [-0.1, -0.05) is 0 Å². The van der Waals surface area contributed by atoms with Crippen LogP contribution >= 0.6 is 0 Å². The van der Waals surface area contributed by atoms with Crippen LogP contribution in [0.2, 0.25) is 0 Å². The van der Waals surface area contributed by atoms with Crippen molar-refractivity contribution in [3.8, 4) is 0 Å². The number of carbonyl (C=O) groups is 3. The number of hydrogen-bond acceptors (Lipinski definition) is 4. The van der Waals surface area contributed by atoms with Crippen molar-refractivity contribution in [2.75, 3.05) is 0 Å². The van der Waals surface area contributed by atoms with Gasteiger partial charge in [0, 0.05) is 25.0 Å². The monoisotopic (exact) mass is 228 g/mol. The normalized spacial score (nSPS) is 17.5. The molecule has 2 amide bonds. The van der Waals surface area contributed by atoms with E-state index in [-0.39, 0.29) is 0 Å². The second-order valence-corrected chi connectivity index (χ2v) is 3.43. The first-order valence-electron chi connectivity index (χ1n) is 4.65. The summed E-state index contributed by atoms with van der Waals surface area (Å²) in [5.74, 6) is -2.07. The lowest BCUT2D eigenvalue weighted by Crippen LogP contribution is -2.57. The molecule has 88 valence electrons. The van der Waals surface area contributed by atoms with E-state index in [1.165, 1.54) is 0 Å². The average Bonchev–Trinajstić information content (AvgIpc) is 2.10. The minimum atomic E-state index is -1.25. The van der Waals surface area contributed by atoms with E-state index < -0.39 is 23.7 Å². The number of carboxylic acids is 1. The Morgan fingerprint density at radius 2 is 1.94 bits per heavy atom. The summed E-state index contributed by atoms with van der Waals surface area (Å²) >= 11 is 0. The molecule has 0 aromatic rings. The van der Waals surface area contributed by atoms with Crippen LogP contribution in [-0.2, 0) is 14.3 Å². The standard InChI is InChI=1S/C9H12N2O5/c10-8(15)11-9(4-1-5-9)16-7(14)3-2-6(12)13/h2-3H,1,4-5H2,(H,12,13)(H3,10,11,15)/b3-2+. The first-order valence-corrected chi connectivity index (χ1v) is 4.65. The lowest BCUT2D eigenvalue weighted by molar-refractivity contribution is -0.166. The molecule has 0 spiro atoms. The van der Waals surface area contributed by atoms with Crippen molar-refractivity contribution in [2.45, 2.75) is 25.0 Å². The van der Waals surface area contributed by atoms with E-state index in [0.29, 0.717) is 18.9 Å². The van der Waals surface area contributed by atoms with Gasteiger partial charge in [-0.2, -0.15) is 0 Å². The smallest absolute Gasteiger partial charge is 0.333 e. The fraction of sp³-hybridized carbons (Fsp3) is 0.444. The first-order chi connectivity index (χ1) is 7.43. The molecule has 0 aliphatic heterocycles. The molecule has 0 heterocycles. The summed E-state index contributed by atoms with van der Waals surface area (Å²) in [5, 5.41) is 10.6. The summed E-state index contributed by atoms with van der Waals surface area (Å²) in [6, 6.07) is -0.783. The van der Waals surface area contributed by atoms with Crippen LogP contribution in [0.4, 0.5) is 4.79 Å². The number of ether oxygens (including phenoxy) is 1. The van der Waals surface area contributed by atoms with Crippen LogP contribution in [0, 0.1) is 0 Å². The minimum absolute atomic E-state index is 0.475. The van der Waals surface area contributed by atoms with Crippen molar-refractivity contribution in [3.63, 3.8) is 0 Å². The Kier molecular flexibility index (Phi) is 3.49. The van der Waals surface area contributed by atoms with E-state index in [9.17, 15) is 14.4 Å². The van der Waals surface area contributed by atoms with E-state index in [4.69, 9.17) is 15.6 Å². The molecule has 0 unspecified atom stereocenters. The molecular weight excluding hydrogens is 216 g/mol. The molecule has 0 aromatic carbocycles. The Morgan fingerprint density at radius 3 is 2.31 bits per heavy atom. The van der Waals surface area contributed by atoms with Gasteiger partial charge >= 0.3 is 18.0 Å². The number of nitrogens with two attached hydrogens (primary N) is 1. The van der Waals surface area contributed by atoms with E-state index >= 15 is 0 Å². The van der Waals surface area contributed by atoms with Gasteiger partial charge in [-0.15, -0.1) is 0 Å². The second kappa shape index (κ2) is 4.65. The predicted octanol–water partition coefficient (Wildman–Crippen LogP) is -0.281. The predicted molar refractivity (Wildman–Crippen MR) is 52.2 cm³/mol. The lowest BCUT2D eigenvalue weighted by atomic mass is 9.88. The maximum absolute atomic E-state index is 11.2. The number of carbonyl (C=O) groups excluding carboxylic acids is 2. The molecule has 1 aliphatic rings. The third-order valence-electron chi connectivity index (χ3n) is 2.17. The quantitative estimate of drug-likeness (QED) is 0.347. The highest BCUT2D eigenvalue weighted by Gasteiger charge is 2.41. The molecule has 1 rings (SSSR count). The van der Waals surface area contributed by atoms with Crippen molar-refractivity contribution in [3.05, 3.63) is 12.2 Å². The number of urea groups is 1. The molecule has 16 heavy (non-hydrogen) atoms. The molecule has 7 heteroatoms. The van der Waals surface area contributed by atoms with E-state index in [1.54, 1.807) is 0 Å². The van der Waals surface area contributed by atoms with Crippen LogP contribution in [0.25, 0.3) is 0 Å². The van der Waals surface area contributed by atoms with Crippen molar-refractivity contribution in [1.29, 1.82) is 0 Å². The van der Waals surface area contributed by atoms with Crippen LogP contribution in [0.5, 0.6) is 0 Å². The molecule has 0 bridgehead atoms. The van der Waals surface area contributed by atoms with Crippen LogP contribution in [-0.4, -0.2) is 28.8 Å². The number of carboxylic acid groups (broad SMARTS) is 1. The van der Waals surface area contributed by atoms with Crippen LogP contribution in [0.15, 0.2) is 12.2 Å². The Balaban J connectivity index is 2.53. The zero-order chi connectivity index (χ0) is 12.2. The summed E-state index contributed by atoms with van der Waals surface area (Å²) < 4.78 is 4.93. The number of amides is 2. The topological polar surface area (TPSA) is 119 Å². The van der Waals surface area contributed by atoms with E-state index in [2.05, 4.69) is 5.32 Å². The molecule has 1 saturated carbocycles. The number of primary amides is 1. The van der Waals surface area contributed by atoms with Crippen molar-refractivity contribution < 1.29 is 24.2 Å². The Hall–Kier alpha value is -2.05. The second-order valence-electron chi connectivity index (χ2n) is 3.43. The van der Waals surface area contributed by atoms with Crippen molar-refractivity contribution >= 4 is 18.0 Å². The molecular formula is C9H12N2O5. The number of rotatable bonds is 4. The van der Waals surface area contributed by atoms with Gasteiger partial charge in [0.25, 0.3) is 0 Å². The molecule has 0 aromatic heterocycles. The lowest BCUT2D eigenvalue weighted by Gasteiger charge is -2.40. The van der Waals surface area contributed by atoms with Gasteiger partial charge in [-0.3, -0.25) is 0 Å². The summed E-state index contributed by atoms with van der Waals surface area (Å²) in [5.41, 5.74) is 3.87. The number of aliphatic carboxylic acids is 1. The largest absolute Gasteiger partial charge is 0.478 e. The van der Waals surface area contributed by atoms with Gasteiger partial charge in [0.2, 0.25) is 0 Å². The fourth-order valence-corrected chi connectivity index (χ4v) is 1.34. The summed E-state index contributed by atoms with van der Waals surface area (Å²) in [4.78, 5) is 32.0. The SMILES string of the molecule is NC(=O)NC1(OC(=O)/C=C/C(=O)O)CCC1. The molecule has 0 saturated heterocycles. The van der Waals surface area contributed by atoms with Crippen LogP contribution in [0.3, 0.4) is 0 Å². The third kappa shape index (κ3) is 3.26. The van der Waals surface area contributed by atoms with Gasteiger partial charge in [0.15, 0.2) is 5.72 Å². The van der Waals surface area contributed by atoms with E-state index in [0.717, 1.165) is 12.5 Å².